The van der Waals surface area contributed by atoms with Gasteiger partial charge in [0.15, 0.2) is 0 Å². The second-order valence-corrected chi connectivity index (χ2v) is 4.63. The van der Waals surface area contributed by atoms with E-state index < -0.39 is 0 Å². The fourth-order valence-corrected chi connectivity index (χ4v) is 2.03. The van der Waals surface area contributed by atoms with Crippen molar-refractivity contribution in [2.75, 3.05) is 38.2 Å². The summed E-state index contributed by atoms with van der Waals surface area (Å²) in [7, 11) is 0. The van der Waals surface area contributed by atoms with Crippen LogP contribution in [0.1, 0.15) is 23.8 Å². The first-order chi connectivity index (χ1) is 9.76. The molecule has 0 spiro atoms. The maximum atomic E-state index is 12.4. The van der Waals surface area contributed by atoms with Gasteiger partial charge in [-0.25, -0.2) is 4.98 Å². The molecule has 0 bridgehead atoms. The van der Waals surface area contributed by atoms with Gasteiger partial charge >= 0.3 is 0 Å². The third-order valence-electron chi connectivity index (χ3n) is 3.11. The number of carbonyl (C=O) groups is 1. The van der Waals surface area contributed by atoms with Crippen LogP contribution in [-0.2, 0) is 4.74 Å². The summed E-state index contributed by atoms with van der Waals surface area (Å²) in [5.41, 5.74) is 0.284. The highest BCUT2D eigenvalue weighted by Crippen LogP contribution is 2.12. The molecule has 0 aromatic carbocycles. The van der Waals surface area contributed by atoms with Gasteiger partial charge in [0, 0.05) is 13.1 Å². The van der Waals surface area contributed by atoms with Crippen LogP contribution in [0.4, 0.5) is 5.82 Å². The number of nitrogens with zero attached hydrogens (tertiary/aromatic N) is 3. The number of morpholine rings is 1. The normalized spacial score (nSPS) is 18.9. The zero-order valence-electron chi connectivity index (χ0n) is 11.6. The highest BCUT2D eigenvalue weighted by Gasteiger charge is 2.28. The van der Waals surface area contributed by atoms with Crippen molar-refractivity contribution >= 4 is 11.7 Å². The van der Waals surface area contributed by atoms with Crippen LogP contribution in [0.3, 0.4) is 0 Å². The van der Waals surface area contributed by atoms with E-state index in [1.807, 2.05) is 0 Å². The number of anilines is 1. The van der Waals surface area contributed by atoms with Crippen molar-refractivity contribution in [1.82, 2.24) is 14.9 Å². The second kappa shape index (κ2) is 7.16. The molecule has 1 atom stereocenters. The summed E-state index contributed by atoms with van der Waals surface area (Å²) in [6, 6.07) is -0.315. The molecule has 0 aliphatic carbocycles. The van der Waals surface area contributed by atoms with Gasteiger partial charge < -0.3 is 20.1 Å². The van der Waals surface area contributed by atoms with Crippen LogP contribution >= 0.6 is 0 Å². The molecule has 20 heavy (non-hydrogen) atoms. The van der Waals surface area contributed by atoms with Crippen LogP contribution in [0.2, 0.25) is 0 Å². The molecule has 7 nitrogen and oxygen atoms in total. The summed E-state index contributed by atoms with van der Waals surface area (Å²) >= 11 is 0. The van der Waals surface area contributed by atoms with Crippen molar-refractivity contribution in [2.45, 2.75) is 19.4 Å². The number of amides is 1. The molecule has 1 amide bonds. The Morgan fingerprint density at radius 2 is 2.45 bits per heavy atom. The third kappa shape index (κ3) is 3.43. The number of aliphatic hydroxyl groups excluding tert-OH is 1. The zero-order valence-corrected chi connectivity index (χ0v) is 11.6. The van der Waals surface area contributed by atoms with E-state index in [9.17, 15) is 9.90 Å². The highest BCUT2D eigenvalue weighted by atomic mass is 16.5. The molecule has 2 N–H and O–H groups in total. The average Bonchev–Trinajstić information content (AvgIpc) is 2.52. The van der Waals surface area contributed by atoms with E-state index in [0.29, 0.717) is 25.6 Å². The summed E-state index contributed by atoms with van der Waals surface area (Å²) in [4.78, 5) is 22.3. The minimum atomic E-state index is -0.315. The number of ether oxygens (including phenoxy) is 1. The molecule has 1 unspecified atom stereocenters. The smallest absolute Gasteiger partial charge is 0.274 e. The molecule has 2 rings (SSSR count). The van der Waals surface area contributed by atoms with Gasteiger partial charge in [0.05, 0.1) is 38.3 Å². The standard InChI is InChI=1S/C13H20N4O3/c1-2-3-15-12-7-14-6-11(16-12)13(19)17-4-5-20-9-10(17)8-18/h6-7,10,18H,2-5,8-9H2,1H3,(H,15,16). The van der Waals surface area contributed by atoms with Gasteiger partial charge in [-0.05, 0) is 6.42 Å². The minimum absolute atomic E-state index is 0.118. The topological polar surface area (TPSA) is 87.6 Å². The Morgan fingerprint density at radius 1 is 1.60 bits per heavy atom. The lowest BCUT2D eigenvalue weighted by molar-refractivity contribution is -0.0186. The van der Waals surface area contributed by atoms with Gasteiger partial charge in [-0.3, -0.25) is 9.78 Å². The molecule has 1 fully saturated rings. The number of carbonyl (C=O) groups excluding carboxylic acids is 1. The van der Waals surface area contributed by atoms with E-state index in [-0.39, 0.29) is 24.2 Å². The summed E-state index contributed by atoms with van der Waals surface area (Å²) in [6.07, 6.45) is 4.01. The number of hydrogen-bond donors (Lipinski definition) is 2. The number of aromatic nitrogens is 2. The number of rotatable bonds is 5. The van der Waals surface area contributed by atoms with Crippen LogP contribution < -0.4 is 5.32 Å². The molecule has 110 valence electrons. The van der Waals surface area contributed by atoms with E-state index in [2.05, 4.69) is 22.2 Å². The first kappa shape index (κ1) is 14.7. The Bertz CT molecular complexity index is 455. The number of nitrogens with one attached hydrogen (secondary N) is 1. The average molecular weight is 280 g/mol. The van der Waals surface area contributed by atoms with Crippen LogP contribution in [0.5, 0.6) is 0 Å². The SMILES string of the molecule is CCCNc1cncc(C(=O)N2CCOCC2CO)n1. The first-order valence-electron chi connectivity index (χ1n) is 6.81. The number of hydrogen-bond acceptors (Lipinski definition) is 6. The van der Waals surface area contributed by atoms with E-state index in [1.165, 1.54) is 6.20 Å². The molecule has 2 heterocycles. The fourth-order valence-electron chi connectivity index (χ4n) is 2.03. The molecule has 7 heteroatoms. The van der Waals surface area contributed by atoms with Gasteiger partial charge in [0.1, 0.15) is 11.5 Å². The lowest BCUT2D eigenvalue weighted by atomic mass is 10.2. The second-order valence-electron chi connectivity index (χ2n) is 4.63. The van der Waals surface area contributed by atoms with Gasteiger partial charge in [-0.2, -0.15) is 0 Å². The molecule has 0 saturated carbocycles. The maximum Gasteiger partial charge on any atom is 0.274 e. The minimum Gasteiger partial charge on any atom is -0.394 e. The Kier molecular flexibility index (Phi) is 5.25. The van der Waals surface area contributed by atoms with Crippen molar-refractivity contribution in [3.05, 3.63) is 18.1 Å². The van der Waals surface area contributed by atoms with Gasteiger partial charge in [-0.15, -0.1) is 0 Å². The number of aliphatic hydroxyl groups is 1. The van der Waals surface area contributed by atoms with Crippen LogP contribution in [0.15, 0.2) is 12.4 Å². The first-order valence-corrected chi connectivity index (χ1v) is 6.81. The Hall–Kier alpha value is -1.73. The van der Waals surface area contributed by atoms with Crippen molar-refractivity contribution in [1.29, 1.82) is 0 Å². The molecular formula is C13H20N4O3. The molecule has 1 aliphatic rings. The predicted molar refractivity (Wildman–Crippen MR) is 73.5 cm³/mol. The lowest BCUT2D eigenvalue weighted by Gasteiger charge is -2.34. The maximum absolute atomic E-state index is 12.4. The quantitative estimate of drug-likeness (QED) is 0.797. The monoisotopic (exact) mass is 280 g/mol. The van der Waals surface area contributed by atoms with Crippen LogP contribution in [0, 0.1) is 0 Å². The third-order valence-corrected chi connectivity index (χ3v) is 3.11. The van der Waals surface area contributed by atoms with Crippen molar-refractivity contribution < 1.29 is 14.6 Å². The van der Waals surface area contributed by atoms with Crippen molar-refractivity contribution in [3.63, 3.8) is 0 Å². The molecule has 0 radical (unpaired) electrons. The Balaban J connectivity index is 2.11. The molecular weight excluding hydrogens is 260 g/mol. The Labute approximate surface area is 118 Å². The lowest BCUT2D eigenvalue weighted by Crippen LogP contribution is -2.50. The van der Waals surface area contributed by atoms with Crippen molar-refractivity contribution in [2.24, 2.45) is 0 Å². The van der Waals surface area contributed by atoms with Crippen LogP contribution in [0.25, 0.3) is 0 Å². The van der Waals surface area contributed by atoms with E-state index in [1.54, 1.807) is 11.1 Å². The molecule has 1 aliphatic heterocycles. The molecule has 1 saturated heterocycles. The summed E-state index contributed by atoms with van der Waals surface area (Å²) in [5.74, 6) is 0.367. The van der Waals surface area contributed by atoms with Gasteiger partial charge in [0.2, 0.25) is 0 Å². The van der Waals surface area contributed by atoms with Gasteiger partial charge in [-0.1, -0.05) is 6.92 Å². The summed E-state index contributed by atoms with van der Waals surface area (Å²) in [6.45, 7) is 4.00. The van der Waals surface area contributed by atoms with E-state index in [0.717, 1.165) is 13.0 Å². The van der Waals surface area contributed by atoms with Crippen molar-refractivity contribution in [3.8, 4) is 0 Å². The summed E-state index contributed by atoms with van der Waals surface area (Å²) in [5, 5.41) is 12.4. The zero-order chi connectivity index (χ0) is 14.4. The fraction of sp³-hybridized carbons (Fsp3) is 0.615. The Morgan fingerprint density at radius 3 is 3.20 bits per heavy atom. The van der Waals surface area contributed by atoms with E-state index >= 15 is 0 Å². The van der Waals surface area contributed by atoms with E-state index in [4.69, 9.17) is 4.74 Å². The molecule has 1 aromatic rings. The summed E-state index contributed by atoms with van der Waals surface area (Å²) < 4.78 is 5.26. The predicted octanol–water partition coefficient (Wildman–Crippen LogP) is 0.132. The largest absolute Gasteiger partial charge is 0.394 e. The van der Waals surface area contributed by atoms with Gasteiger partial charge in [0.25, 0.3) is 5.91 Å². The highest BCUT2D eigenvalue weighted by molar-refractivity contribution is 5.92. The molecule has 1 aromatic heterocycles. The van der Waals surface area contributed by atoms with Crippen LogP contribution in [-0.4, -0.2) is 64.8 Å².